The molecule has 2 heterocycles. The third-order valence-corrected chi connectivity index (χ3v) is 5.32. The lowest BCUT2D eigenvalue weighted by molar-refractivity contribution is 0.107. The van der Waals surface area contributed by atoms with Crippen LogP contribution in [0.3, 0.4) is 0 Å². The van der Waals surface area contributed by atoms with Crippen LogP contribution in [0, 0.1) is 0 Å². The zero-order valence-electron chi connectivity index (χ0n) is 12.6. The lowest BCUT2D eigenvalue weighted by atomic mass is 9.93. The zero-order valence-corrected chi connectivity index (χ0v) is 13.4. The van der Waals surface area contributed by atoms with Crippen molar-refractivity contribution in [1.82, 2.24) is 9.88 Å². The van der Waals surface area contributed by atoms with Crippen LogP contribution in [-0.2, 0) is 13.0 Å². The van der Waals surface area contributed by atoms with Gasteiger partial charge >= 0.3 is 0 Å². The summed E-state index contributed by atoms with van der Waals surface area (Å²) in [5, 5.41) is 13.2. The van der Waals surface area contributed by atoms with Gasteiger partial charge in [-0.15, -0.1) is 11.3 Å². The van der Waals surface area contributed by atoms with Crippen LogP contribution in [-0.4, -0.2) is 28.1 Å². The molecule has 1 aliphatic heterocycles. The fourth-order valence-corrected chi connectivity index (χ4v) is 3.80. The van der Waals surface area contributed by atoms with Crippen molar-refractivity contribution < 1.29 is 5.11 Å². The fraction of sp³-hybridized carbons (Fsp3) is 0.471. The minimum Gasteiger partial charge on any atom is -0.394 e. The van der Waals surface area contributed by atoms with E-state index in [9.17, 15) is 5.11 Å². The van der Waals surface area contributed by atoms with Crippen molar-refractivity contribution in [3.8, 4) is 0 Å². The molecule has 0 amide bonds. The second-order valence-electron chi connectivity index (χ2n) is 5.95. The Balaban J connectivity index is 1.79. The molecule has 0 aliphatic carbocycles. The van der Waals surface area contributed by atoms with E-state index in [1.54, 1.807) is 11.3 Å². The highest BCUT2D eigenvalue weighted by atomic mass is 32.1. The fourth-order valence-electron chi connectivity index (χ4n) is 2.98. The smallest absolute Gasteiger partial charge is 0.0954 e. The molecule has 3 nitrogen and oxygen atoms in total. The highest BCUT2D eigenvalue weighted by molar-refractivity contribution is 7.09. The van der Waals surface area contributed by atoms with Crippen molar-refractivity contribution in [2.45, 2.75) is 38.8 Å². The molecule has 0 spiro atoms. The Morgan fingerprint density at radius 1 is 1.38 bits per heavy atom. The number of aliphatic hydroxyl groups excluding tert-OH is 1. The summed E-state index contributed by atoms with van der Waals surface area (Å²) in [4.78, 5) is 7.07. The maximum atomic E-state index is 9.82. The highest BCUT2D eigenvalue weighted by Crippen LogP contribution is 2.31. The SMILES string of the molecule is CC(C)c1nc(CN2CCc3ccccc3C2CO)cs1. The summed E-state index contributed by atoms with van der Waals surface area (Å²) < 4.78 is 0. The average molecular weight is 302 g/mol. The van der Waals surface area contributed by atoms with Crippen LogP contribution in [0.4, 0.5) is 0 Å². The Labute approximate surface area is 130 Å². The summed E-state index contributed by atoms with van der Waals surface area (Å²) >= 11 is 1.74. The maximum Gasteiger partial charge on any atom is 0.0954 e. The predicted octanol–water partition coefficient (Wildman–Crippen LogP) is 3.36. The standard InChI is InChI=1S/C17H22N2OS/c1-12(2)17-18-14(11-21-17)9-19-8-7-13-5-3-4-6-15(13)16(19)10-20/h3-6,11-12,16,20H,7-10H2,1-2H3. The molecule has 1 aromatic heterocycles. The minimum absolute atomic E-state index is 0.0964. The summed E-state index contributed by atoms with van der Waals surface area (Å²) in [6.45, 7) is 6.32. The quantitative estimate of drug-likeness (QED) is 0.941. The van der Waals surface area contributed by atoms with Gasteiger partial charge in [-0.3, -0.25) is 4.90 Å². The van der Waals surface area contributed by atoms with E-state index in [-0.39, 0.29) is 12.6 Å². The van der Waals surface area contributed by atoms with Gasteiger partial charge in [0.25, 0.3) is 0 Å². The van der Waals surface area contributed by atoms with Gasteiger partial charge in [-0.1, -0.05) is 38.1 Å². The van der Waals surface area contributed by atoms with Crippen molar-refractivity contribution in [3.63, 3.8) is 0 Å². The molecular weight excluding hydrogens is 280 g/mol. The molecule has 3 rings (SSSR count). The number of aliphatic hydroxyl groups is 1. The summed E-state index contributed by atoms with van der Waals surface area (Å²) in [6, 6.07) is 8.56. The van der Waals surface area contributed by atoms with Gasteiger partial charge < -0.3 is 5.11 Å². The summed E-state index contributed by atoms with van der Waals surface area (Å²) in [5.74, 6) is 0.486. The van der Waals surface area contributed by atoms with Gasteiger partial charge in [0.15, 0.2) is 0 Å². The Bertz CT molecular complexity index is 608. The van der Waals surface area contributed by atoms with Crippen LogP contribution in [0.2, 0.25) is 0 Å². The molecule has 0 saturated heterocycles. The van der Waals surface area contributed by atoms with Crippen molar-refractivity contribution >= 4 is 11.3 Å². The summed E-state index contributed by atoms with van der Waals surface area (Å²) in [7, 11) is 0. The second kappa shape index (κ2) is 6.26. The molecule has 112 valence electrons. The van der Waals surface area contributed by atoms with Crippen molar-refractivity contribution in [2.24, 2.45) is 0 Å². The number of benzene rings is 1. The lowest BCUT2D eigenvalue weighted by Crippen LogP contribution is -2.36. The van der Waals surface area contributed by atoms with Crippen molar-refractivity contribution in [3.05, 3.63) is 51.5 Å². The molecule has 0 fully saturated rings. The molecule has 21 heavy (non-hydrogen) atoms. The molecule has 1 aromatic carbocycles. The number of aromatic nitrogens is 1. The van der Waals surface area contributed by atoms with E-state index < -0.39 is 0 Å². The van der Waals surface area contributed by atoms with E-state index in [0.717, 1.165) is 25.2 Å². The predicted molar refractivity (Wildman–Crippen MR) is 86.6 cm³/mol. The van der Waals surface area contributed by atoms with Crippen molar-refractivity contribution in [2.75, 3.05) is 13.2 Å². The first kappa shape index (κ1) is 14.7. The molecule has 1 atom stereocenters. The highest BCUT2D eigenvalue weighted by Gasteiger charge is 2.27. The molecule has 1 N–H and O–H groups in total. The Hall–Kier alpha value is -1.23. The number of fused-ring (bicyclic) bond motifs is 1. The number of rotatable bonds is 4. The normalized spacial score (nSPS) is 19.0. The second-order valence-corrected chi connectivity index (χ2v) is 6.84. The largest absolute Gasteiger partial charge is 0.394 e. The molecule has 1 aliphatic rings. The van der Waals surface area contributed by atoms with Gasteiger partial charge in [-0.25, -0.2) is 4.98 Å². The van der Waals surface area contributed by atoms with Gasteiger partial charge in [0, 0.05) is 24.4 Å². The van der Waals surface area contributed by atoms with Crippen LogP contribution in [0.5, 0.6) is 0 Å². The van der Waals surface area contributed by atoms with E-state index in [4.69, 9.17) is 4.98 Å². The van der Waals surface area contributed by atoms with Crippen LogP contribution in [0.15, 0.2) is 29.6 Å². The molecule has 1 unspecified atom stereocenters. The first-order valence-electron chi connectivity index (χ1n) is 7.56. The topological polar surface area (TPSA) is 36.4 Å². The molecule has 0 bridgehead atoms. The van der Waals surface area contributed by atoms with E-state index in [1.807, 2.05) is 0 Å². The third kappa shape index (κ3) is 3.03. The number of hydrogen-bond donors (Lipinski definition) is 1. The minimum atomic E-state index is 0.0964. The zero-order chi connectivity index (χ0) is 14.8. The molecule has 0 radical (unpaired) electrons. The summed E-state index contributed by atoms with van der Waals surface area (Å²) in [5.41, 5.74) is 3.76. The number of hydrogen-bond acceptors (Lipinski definition) is 4. The number of nitrogens with zero attached hydrogens (tertiary/aromatic N) is 2. The lowest BCUT2D eigenvalue weighted by Gasteiger charge is -2.35. The van der Waals surface area contributed by atoms with Gasteiger partial charge in [0.05, 0.1) is 23.4 Å². The molecule has 0 saturated carbocycles. The van der Waals surface area contributed by atoms with Crippen LogP contribution in [0.25, 0.3) is 0 Å². The van der Waals surface area contributed by atoms with E-state index in [1.165, 1.54) is 16.1 Å². The van der Waals surface area contributed by atoms with Crippen LogP contribution in [0.1, 0.15) is 47.6 Å². The first-order valence-corrected chi connectivity index (χ1v) is 8.44. The Morgan fingerprint density at radius 2 is 2.19 bits per heavy atom. The Morgan fingerprint density at radius 3 is 2.90 bits per heavy atom. The Kier molecular flexibility index (Phi) is 4.38. The summed E-state index contributed by atoms with van der Waals surface area (Å²) in [6.07, 6.45) is 1.05. The monoisotopic (exact) mass is 302 g/mol. The molecular formula is C17H22N2OS. The molecule has 4 heteroatoms. The van der Waals surface area contributed by atoms with E-state index in [0.29, 0.717) is 5.92 Å². The number of thiazole rings is 1. The average Bonchev–Trinajstić information content (AvgIpc) is 2.96. The van der Waals surface area contributed by atoms with Crippen LogP contribution < -0.4 is 0 Å². The van der Waals surface area contributed by atoms with Gasteiger partial charge in [0.2, 0.25) is 0 Å². The maximum absolute atomic E-state index is 9.82. The first-order chi connectivity index (χ1) is 10.2. The van der Waals surface area contributed by atoms with E-state index >= 15 is 0 Å². The van der Waals surface area contributed by atoms with Gasteiger partial charge in [-0.05, 0) is 17.5 Å². The van der Waals surface area contributed by atoms with E-state index in [2.05, 4.69) is 48.4 Å². The third-order valence-electron chi connectivity index (χ3n) is 4.12. The molecule has 2 aromatic rings. The van der Waals surface area contributed by atoms with Gasteiger partial charge in [-0.2, -0.15) is 0 Å². The van der Waals surface area contributed by atoms with Gasteiger partial charge in [0.1, 0.15) is 0 Å². The van der Waals surface area contributed by atoms with Crippen molar-refractivity contribution in [1.29, 1.82) is 0 Å². The van der Waals surface area contributed by atoms with Crippen LogP contribution >= 0.6 is 11.3 Å².